The molecule has 1 N–H and O–H groups in total. The fraction of sp³-hybridized carbons (Fsp3) is 0.833. The van der Waals surface area contributed by atoms with Gasteiger partial charge in [-0.25, -0.2) is 0 Å². The Hall–Kier alpha value is -0.650. The Morgan fingerprint density at radius 3 is 2.89 bits per heavy atom. The van der Waals surface area contributed by atoms with E-state index in [9.17, 15) is 0 Å². The average Bonchev–Trinajstić information content (AvgIpc) is 2.87. The molecule has 0 amide bonds. The summed E-state index contributed by atoms with van der Waals surface area (Å²) in [6, 6.07) is 0.593. The van der Waals surface area contributed by atoms with Crippen LogP contribution in [0.2, 0.25) is 0 Å². The number of hydrogen-bond acceptors (Lipinski definition) is 5. The van der Waals surface area contributed by atoms with Crippen LogP contribution >= 0.6 is 12.4 Å². The van der Waals surface area contributed by atoms with E-state index < -0.39 is 0 Å². The zero-order chi connectivity index (χ0) is 12.3. The van der Waals surface area contributed by atoms with Gasteiger partial charge in [0.15, 0.2) is 5.82 Å². The number of nitrogens with zero attached hydrogens (tertiary/aromatic N) is 3. The molecule has 1 aromatic rings. The lowest BCUT2D eigenvalue weighted by atomic mass is 10.1. The number of rotatable bonds is 5. The van der Waals surface area contributed by atoms with E-state index in [1.54, 1.807) is 0 Å². The van der Waals surface area contributed by atoms with Crippen LogP contribution in [0.5, 0.6) is 0 Å². The summed E-state index contributed by atoms with van der Waals surface area (Å²) >= 11 is 0. The topological polar surface area (TPSA) is 54.2 Å². The zero-order valence-corrected chi connectivity index (χ0v) is 12.2. The van der Waals surface area contributed by atoms with E-state index in [0.717, 1.165) is 37.8 Å². The van der Waals surface area contributed by atoms with Gasteiger partial charge in [0.05, 0.1) is 6.54 Å². The molecule has 2 heterocycles. The van der Waals surface area contributed by atoms with Crippen molar-refractivity contribution >= 4 is 12.4 Å². The molecule has 1 atom stereocenters. The molecule has 1 saturated heterocycles. The fourth-order valence-electron chi connectivity index (χ4n) is 2.16. The minimum Gasteiger partial charge on any atom is -0.338 e. The zero-order valence-electron chi connectivity index (χ0n) is 11.3. The highest BCUT2D eigenvalue weighted by atomic mass is 35.5. The molecule has 0 spiro atoms. The van der Waals surface area contributed by atoms with Gasteiger partial charge < -0.3 is 9.84 Å². The van der Waals surface area contributed by atoms with Crippen LogP contribution in [0.4, 0.5) is 0 Å². The Morgan fingerprint density at radius 2 is 2.28 bits per heavy atom. The first-order chi connectivity index (χ1) is 8.15. The maximum atomic E-state index is 5.27. The number of likely N-dealkylation sites (N-methyl/N-ethyl adjacent to an activating group) is 1. The third-order valence-electron chi connectivity index (χ3n) is 3.14. The monoisotopic (exact) mass is 274 g/mol. The number of halogens is 1. The standard InChI is InChI=1S/C12H22N4O.ClH/c1-9(2)6-11-14-12(17-15-11)8-16(3)10-4-5-13-7-10;/h9-10,13H,4-8H2,1-3H3;1H. The molecule has 1 unspecified atom stereocenters. The van der Waals surface area contributed by atoms with Crippen LogP contribution in [0, 0.1) is 5.92 Å². The molecule has 104 valence electrons. The van der Waals surface area contributed by atoms with E-state index in [2.05, 4.69) is 41.3 Å². The maximum absolute atomic E-state index is 5.27. The molecule has 5 nitrogen and oxygen atoms in total. The van der Waals surface area contributed by atoms with Gasteiger partial charge in [-0.05, 0) is 25.9 Å². The van der Waals surface area contributed by atoms with E-state index in [4.69, 9.17) is 4.52 Å². The van der Waals surface area contributed by atoms with Crippen molar-refractivity contribution in [3.8, 4) is 0 Å². The van der Waals surface area contributed by atoms with Gasteiger partial charge in [-0.2, -0.15) is 4.98 Å². The molecule has 2 rings (SSSR count). The third kappa shape index (κ3) is 4.23. The quantitative estimate of drug-likeness (QED) is 0.882. The van der Waals surface area contributed by atoms with Gasteiger partial charge in [0, 0.05) is 19.0 Å². The predicted molar refractivity (Wildman–Crippen MR) is 72.8 cm³/mol. The summed E-state index contributed by atoms with van der Waals surface area (Å²) in [5.41, 5.74) is 0. The van der Waals surface area contributed by atoms with Gasteiger partial charge in [0.25, 0.3) is 0 Å². The van der Waals surface area contributed by atoms with Crippen molar-refractivity contribution in [2.45, 2.75) is 39.3 Å². The lowest BCUT2D eigenvalue weighted by Crippen LogP contribution is -2.32. The Kier molecular flexibility index (Phi) is 6.05. The van der Waals surface area contributed by atoms with E-state index >= 15 is 0 Å². The average molecular weight is 275 g/mol. The van der Waals surface area contributed by atoms with Crippen molar-refractivity contribution < 1.29 is 4.52 Å². The summed E-state index contributed by atoms with van der Waals surface area (Å²) in [6.45, 7) is 7.23. The summed E-state index contributed by atoms with van der Waals surface area (Å²) in [5, 5.41) is 7.37. The molecular formula is C12H23ClN4O. The van der Waals surface area contributed by atoms with Gasteiger partial charge in [-0.15, -0.1) is 12.4 Å². The first-order valence-electron chi connectivity index (χ1n) is 6.37. The Labute approximate surface area is 115 Å². The summed E-state index contributed by atoms with van der Waals surface area (Å²) in [5.74, 6) is 2.13. The predicted octanol–water partition coefficient (Wildman–Crippen LogP) is 1.48. The smallest absolute Gasteiger partial charge is 0.240 e. The number of hydrogen-bond donors (Lipinski definition) is 1. The van der Waals surface area contributed by atoms with Crippen LogP contribution in [0.25, 0.3) is 0 Å². The van der Waals surface area contributed by atoms with Gasteiger partial charge in [0.2, 0.25) is 5.89 Å². The van der Waals surface area contributed by atoms with Gasteiger partial charge in [-0.3, -0.25) is 4.90 Å². The second-order valence-corrected chi connectivity index (χ2v) is 5.26. The highest BCUT2D eigenvalue weighted by Crippen LogP contribution is 2.11. The van der Waals surface area contributed by atoms with Crippen molar-refractivity contribution in [3.05, 3.63) is 11.7 Å². The van der Waals surface area contributed by atoms with E-state index in [0.29, 0.717) is 12.0 Å². The summed E-state index contributed by atoms with van der Waals surface area (Å²) in [7, 11) is 2.12. The van der Waals surface area contributed by atoms with Crippen LogP contribution in [0.15, 0.2) is 4.52 Å². The molecule has 1 aromatic heterocycles. The molecule has 1 fully saturated rings. The third-order valence-corrected chi connectivity index (χ3v) is 3.14. The molecule has 1 aliphatic heterocycles. The van der Waals surface area contributed by atoms with Crippen molar-refractivity contribution in [1.82, 2.24) is 20.4 Å². The Balaban J connectivity index is 0.00000162. The first-order valence-corrected chi connectivity index (χ1v) is 6.37. The van der Waals surface area contributed by atoms with E-state index in [1.807, 2.05) is 0 Å². The summed E-state index contributed by atoms with van der Waals surface area (Å²) < 4.78 is 5.27. The number of aromatic nitrogens is 2. The molecule has 0 bridgehead atoms. The SMILES string of the molecule is CC(C)Cc1noc(CN(C)C2CCNC2)n1.Cl. The molecule has 6 heteroatoms. The minimum atomic E-state index is 0. The van der Waals surface area contributed by atoms with Crippen molar-refractivity contribution in [2.24, 2.45) is 5.92 Å². The summed E-state index contributed by atoms with van der Waals surface area (Å²) in [4.78, 5) is 6.71. The molecule has 0 radical (unpaired) electrons. The Bertz CT molecular complexity index is 350. The van der Waals surface area contributed by atoms with Crippen molar-refractivity contribution in [1.29, 1.82) is 0 Å². The van der Waals surface area contributed by atoms with Crippen LogP contribution < -0.4 is 5.32 Å². The van der Waals surface area contributed by atoms with E-state index in [-0.39, 0.29) is 12.4 Å². The van der Waals surface area contributed by atoms with Crippen LogP contribution in [0.1, 0.15) is 32.0 Å². The van der Waals surface area contributed by atoms with Gasteiger partial charge >= 0.3 is 0 Å². The Morgan fingerprint density at radius 1 is 1.50 bits per heavy atom. The summed E-state index contributed by atoms with van der Waals surface area (Å²) in [6.07, 6.45) is 2.09. The maximum Gasteiger partial charge on any atom is 0.240 e. The first kappa shape index (κ1) is 15.4. The fourth-order valence-corrected chi connectivity index (χ4v) is 2.16. The minimum absolute atomic E-state index is 0. The molecule has 0 aliphatic carbocycles. The second kappa shape index (κ2) is 7.07. The lowest BCUT2D eigenvalue weighted by Gasteiger charge is -2.21. The molecular weight excluding hydrogens is 252 g/mol. The van der Waals surface area contributed by atoms with Crippen LogP contribution in [-0.2, 0) is 13.0 Å². The molecule has 18 heavy (non-hydrogen) atoms. The number of nitrogens with one attached hydrogen (secondary N) is 1. The van der Waals surface area contributed by atoms with Gasteiger partial charge in [-0.1, -0.05) is 19.0 Å². The largest absolute Gasteiger partial charge is 0.338 e. The van der Waals surface area contributed by atoms with Gasteiger partial charge in [0.1, 0.15) is 0 Å². The lowest BCUT2D eigenvalue weighted by molar-refractivity contribution is 0.214. The van der Waals surface area contributed by atoms with E-state index in [1.165, 1.54) is 6.42 Å². The second-order valence-electron chi connectivity index (χ2n) is 5.26. The highest BCUT2D eigenvalue weighted by Gasteiger charge is 2.21. The van der Waals surface area contributed by atoms with Crippen molar-refractivity contribution in [2.75, 3.05) is 20.1 Å². The molecule has 0 aromatic carbocycles. The molecule has 1 aliphatic rings. The highest BCUT2D eigenvalue weighted by molar-refractivity contribution is 5.85. The van der Waals surface area contributed by atoms with Crippen LogP contribution in [0.3, 0.4) is 0 Å². The normalized spacial score (nSPS) is 19.5. The van der Waals surface area contributed by atoms with Crippen molar-refractivity contribution in [3.63, 3.8) is 0 Å². The van der Waals surface area contributed by atoms with Crippen LogP contribution in [-0.4, -0.2) is 41.2 Å². The molecule has 0 saturated carbocycles.